The number of hydrogen-bond donors (Lipinski definition) is 3. The van der Waals surface area contributed by atoms with Crippen LogP contribution >= 0.6 is 15.6 Å². The van der Waals surface area contributed by atoms with Crippen molar-refractivity contribution in [1.82, 2.24) is 0 Å². The predicted octanol–water partition coefficient (Wildman–Crippen LogP) is 19.2. The summed E-state index contributed by atoms with van der Waals surface area (Å²) in [6, 6.07) is 0. The molecule has 17 nitrogen and oxygen atoms in total. The minimum absolute atomic E-state index is 0.101. The Morgan fingerprint density at radius 1 is 0.310 bits per heavy atom. The minimum atomic E-state index is -4.95. The molecular weight excluding hydrogens is 1150 g/mol. The number of aliphatic hydroxyl groups excluding tert-OH is 1. The maximum Gasteiger partial charge on any atom is 0.472 e. The molecule has 0 aromatic heterocycles. The number of carbonyl (C=O) groups is 4. The zero-order chi connectivity index (χ0) is 64.3. The SMILES string of the molecule is CCCCCCCCCCCCCCCCCCCC(=O)O[C@H](COC(=O)CCCCCCCCCCCCCC)COP(=O)(O)OC[C@@H](O)COP(=O)(O)OC[C@@H](COC(=O)CCCCCCCCC(C)C)OC(=O)CCCCCCCCC(C)C. The lowest BCUT2D eigenvalue weighted by molar-refractivity contribution is -0.161. The van der Waals surface area contributed by atoms with Crippen LogP contribution in [0.5, 0.6) is 0 Å². The molecule has 87 heavy (non-hydrogen) atoms. The normalized spacial score (nSPS) is 14.2. The molecule has 0 bridgehead atoms. The summed E-state index contributed by atoms with van der Waals surface area (Å²) < 4.78 is 68.1. The Labute approximate surface area is 530 Å². The Balaban J connectivity index is 5.21. The summed E-state index contributed by atoms with van der Waals surface area (Å²) in [4.78, 5) is 72.3. The van der Waals surface area contributed by atoms with E-state index >= 15 is 0 Å². The van der Waals surface area contributed by atoms with Gasteiger partial charge in [-0.2, -0.15) is 0 Å². The molecule has 0 amide bonds. The Bertz CT molecular complexity index is 1700. The van der Waals surface area contributed by atoms with Crippen LogP contribution in [0.25, 0.3) is 0 Å². The highest BCUT2D eigenvalue weighted by atomic mass is 31.2. The fraction of sp³-hybridized carbons (Fsp3) is 0.941. The van der Waals surface area contributed by atoms with E-state index in [4.69, 9.17) is 37.0 Å². The van der Waals surface area contributed by atoms with E-state index in [1.54, 1.807) is 0 Å². The molecule has 2 unspecified atom stereocenters. The van der Waals surface area contributed by atoms with Gasteiger partial charge in [0, 0.05) is 25.7 Å². The Hall–Kier alpha value is -1.94. The summed E-state index contributed by atoms with van der Waals surface area (Å²) in [7, 11) is -9.89. The Morgan fingerprint density at radius 2 is 0.529 bits per heavy atom. The lowest BCUT2D eigenvalue weighted by Crippen LogP contribution is -2.30. The number of unbranched alkanes of at least 4 members (excludes halogenated alkanes) is 37. The van der Waals surface area contributed by atoms with E-state index in [0.717, 1.165) is 96.3 Å². The fourth-order valence-electron chi connectivity index (χ4n) is 10.2. The first-order chi connectivity index (χ1) is 41.9. The monoisotopic (exact) mass is 1280 g/mol. The molecule has 0 fully saturated rings. The number of carbonyl (C=O) groups excluding carboxylic acids is 4. The number of ether oxygens (including phenoxy) is 4. The highest BCUT2D eigenvalue weighted by Gasteiger charge is 2.30. The molecule has 0 radical (unpaired) electrons. The van der Waals surface area contributed by atoms with Gasteiger partial charge in [-0.25, -0.2) is 9.13 Å². The van der Waals surface area contributed by atoms with Gasteiger partial charge in [-0.1, -0.05) is 292 Å². The first kappa shape index (κ1) is 85.1. The second kappa shape index (κ2) is 60.3. The van der Waals surface area contributed by atoms with Gasteiger partial charge in [0.25, 0.3) is 0 Å². The van der Waals surface area contributed by atoms with Gasteiger partial charge in [-0.05, 0) is 37.5 Å². The molecule has 0 spiro atoms. The summed E-state index contributed by atoms with van der Waals surface area (Å²) in [6.45, 7) is 9.35. The van der Waals surface area contributed by atoms with Crippen LogP contribution in [0, 0.1) is 11.8 Å². The largest absolute Gasteiger partial charge is 0.472 e. The topological polar surface area (TPSA) is 237 Å². The van der Waals surface area contributed by atoms with E-state index in [-0.39, 0.29) is 25.7 Å². The lowest BCUT2D eigenvalue weighted by Gasteiger charge is -2.21. The van der Waals surface area contributed by atoms with Gasteiger partial charge in [-0.3, -0.25) is 37.3 Å². The first-order valence-electron chi connectivity index (χ1n) is 35.5. The van der Waals surface area contributed by atoms with E-state index in [1.165, 1.54) is 154 Å². The fourth-order valence-corrected chi connectivity index (χ4v) is 11.8. The molecule has 3 N–H and O–H groups in total. The molecule has 0 aliphatic rings. The summed E-state index contributed by atoms with van der Waals surface area (Å²) in [5, 5.41) is 10.6. The quantitative estimate of drug-likeness (QED) is 0.0222. The predicted molar refractivity (Wildman–Crippen MR) is 349 cm³/mol. The average molecular weight is 1280 g/mol. The minimum Gasteiger partial charge on any atom is -0.462 e. The summed E-state index contributed by atoms with van der Waals surface area (Å²) in [5.74, 6) is -0.784. The molecule has 0 aliphatic heterocycles. The van der Waals surface area contributed by atoms with Crippen molar-refractivity contribution < 1.29 is 80.2 Å². The van der Waals surface area contributed by atoms with Gasteiger partial charge in [-0.15, -0.1) is 0 Å². The van der Waals surface area contributed by atoms with Crippen LogP contribution < -0.4 is 0 Å². The number of aliphatic hydroxyl groups is 1. The van der Waals surface area contributed by atoms with Crippen molar-refractivity contribution in [3.05, 3.63) is 0 Å². The molecule has 0 saturated carbocycles. The van der Waals surface area contributed by atoms with Crippen LogP contribution in [-0.2, 0) is 65.4 Å². The number of esters is 4. The molecule has 19 heteroatoms. The molecule has 5 atom stereocenters. The number of hydrogen-bond acceptors (Lipinski definition) is 15. The molecule has 0 saturated heterocycles. The van der Waals surface area contributed by atoms with Gasteiger partial charge in [0.2, 0.25) is 0 Å². The number of rotatable bonds is 67. The smallest absolute Gasteiger partial charge is 0.462 e. The second-order valence-corrected chi connectivity index (χ2v) is 28.4. The number of phosphoric acid groups is 2. The maximum absolute atomic E-state index is 13.0. The van der Waals surface area contributed by atoms with Crippen LogP contribution in [0.4, 0.5) is 0 Å². The van der Waals surface area contributed by atoms with Crippen LogP contribution in [0.1, 0.15) is 343 Å². The van der Waals surface area contributed by atoms with E-state index in [9.17, 15) is 43.2 Å². The van der Waals surface area contributed by atoms with Crippen molar-refractivity contribution >= 4 is 39.5 Å². The third-order valence-corrected chi connectivity index (χ3v) is 17.6. The standard InChI is InChI=1S/C68H132O17P2/c1-7-9-11-13-15-17-19-21-22-23-24-25-27-29-31-40-46-52-67(72)84-63(56-78-65(70)50-44-38-30-28-26-20-18-16-14-12-10-8-2)58-82-86(74,75)80-54-62(69)55-81-87(76,77)83-59-64(85-68(73)53-47-41-35-33-37-43-49-61(5)6)57-79-66(71)51-45-39-34-32-36-42-48-60(3)4/h60-64,69H,7-59H2,1-6H3,(H,74,75)(H,76,77)/t62-,63-,64-/m1/s1. The van der Waals surface area contributed by atoms with E-state index in [1.807, 2.05) is 0 Å². The summed E-state index contributed by atoms with van der Waals surface area (Å²) >= 11 is 0. The Morgan fingerprint density at radius 3 is 0.782 bits per heavy atom. The third-order valence-electron chi connectivity index (χ3n) is 15.7. The molecule has 0 rings (SSSR count). The maximum atomic E-state index is 13.0. The molecule has 0 aliphatic carbocycles. The van der Waals surface area contributed by atoms with Gasteiger partial charge in [0.1, 0.15) is 19.3 Å². The highest BCUT2D eigenvalue weighted by molar-refractivity contribution is 7.47. The van der Waals surface area contributed by atoms with E-state index < -0.39 is 97.5 Å². The molecule has 0 heterocycles. The summed E-state index contributed by atoms with van der Waals surface area (Å²) in [5.41, 5.74) is 0. The third kappa shape index (κ3) is 62.6. The zero-order valence-corrected chi connectivity index (χ0v) is 58.1. The van der Waals surface area contributed by atoms with Crippen molar-refractivity contribution in [2.45, 2.75) is 362 Å². The summed E-state index contributed by atoms with van der Waals surface area (Å²) in [6.07, 6.45) is 44.8. The van der Waals surface area contributed by atoms with Crippen LogP contribution in [0.15, 0.2) is 0 Å². The first-order valence-corrected chi connectivity index (χ1v) is 38.5. The number of phosphoric ester groups is 2. The molecule has 0 aromatic carbocycles. The van der Waals surface area contributed by atoms with Crippen LogP contribution in [-0.4, -0.2) is 96.7 Å². The Kier molecular flexibility index (Phi) is 59.0. The lowest BCUT2D eigenvalue weighted by atomic mass is 10.0. The highest BCUT2D eigenvalue weighted by Crippen LogP contribution is 2.45. The van der Waals surface area contributed by atoms with Crippen molar-refractivity contribution in [2.75, 3.05) is 39.6 Å². The van der Waals surface area contributed by atoms with Gasteiger partial charge >= 0.3 is 39.5 Å². The van der Waals surface area contributed by atoms with E-state index in [2.05, 4.69) is 41.5 Å². The van der Waals surface area contributed by atoms with Crippen molar-refractivity contribution in [3.8, 4) is 0 Å². The molecular formula is C68H132O17P2. The van der Waals surface area contributed by atoms with Gasteiger partial charge in [0.15, 0.2) is 12.2 Å². The van der Waals surface area contributed by atoms with Crippen molar-refractivity contribution in [1.29, 1.82) is 0 Å². The van der Waals surface area contributed by atoms with E-state index in [0.29, 0.717) is 37.5 Å². The second-order valence-electron chi connectivity index (χ2n) is 25.5. The van der Waals surface area contributed by atoms with Crippen molar-refractivity contribution in [2.24, 2.45) is 11.8 Å². The van der Waals surface area contributed by atoms with Gasteiger partial charge in [0.05, 0.1) is 26.4 Å². The van der Waals surface area contributed by atoms with Gasteiger partial charge < -0.3 is 33.8 Å². The van der Waals surface area contributed by atoms with Crippen molar-refractivity contribution in [3.63, 3.8) is 0 Å². The zero-order valence-electron chi connectivity index (χ0n) is 56.3. The van der Waals surface area contributed by atoms with Crippen LogP contribution in [0.3, 0.4) is 0 Å². The molecule has 0 aromatic rings. The average Bonchev–Trinajstić information content (AvgIpc) is 3.59. The van der Waals surface area contributed by atoms with Crippen LogP contribution in [0.2, 0.25) is 0 Å². The molecule has 516 valence electrons.